The number of hydrogen-bond acceptors (Lipinski definition) is 3. The lowest BCUT2D eigenvalue weighted by Crippen LogP contribution is -2.19. The fourth-order valence-electron chi connectivity index (χ4n) is 1.20. The average Bonchev–Trinajstić information content (AvgIpc) is 2.24. The maximum atomic E-state index is 5.45. The van der Waals surface area contributed by atoms with E-state index in [1.165, 1.54) is 0 Å². The van der Waals surface area contributed by atoms with Crippen LogP contribution in [0.25, 0.3) is 0 Å². The molecule has 0 rings (SSSR count). The normalized spacial score (nSPS) is 10.9. The molecule has 90 valence electrons. The van der Waals surface area contributed by atoms with Gasteiger partial charge >= 0.3 is 0 Å². The summed E-state index contributed by atoms with van der Waals surface area (Å²) in [6.45, 7) is 10.4. The van der Waals surface area contributed by atoms with Gasteiger partial charge in [0.05, 0.1) is 6.61 Å². The lowest BCUT2D eigenvalue weighted by molar-refractivity contribution is -0.146. The molecule has 0 saturated heterocycles. The number of allylic oxidation sites excluding steroid dienone is 1. The zero-order valence-electron chi connectivity index (χ0n) is 10.0. The highest BCUT2D eigenvalue weighted by atomic mass is 16.7. The summed E-state index contributed by atoms with van der Waals surface area (Å²) in [6.07, 6.45) is 4.65. The molecule has 0 radical (unpaired) electrons. The summed E-state index contributed by atoms with van der Waals surface area (Å²) in [5, 5.41) is 0. The van der Waals surface area contributed by atoms with E-state index in [-0.39, 0.29) is 6.29 Å². The van der Waals surface area contributed by atoms with Gasteiger partial charge in [0.15, 0.2) is 6.29 Å². The summed E-state index contributed by atoms with van der Waals surface area (Å²) >= 11 is 0. The van der Waals surface area contributed by atoms with Gasteiger partial charge in [0.1, 0.15) is 0 Å². The zero-order chi connectivity index (χ0) is 11.4. The van der Waals surface area contributed by atoms with Crippen molar-refractivity contribution < 1.29 is 14.2 Å². The number of hydrogen-bond donors (Lipinski definition) is 0. The van der Waals surface area contributed by atoms with E-state index in [4.69, 9.17) is 14.2 Å². The van der Waals surface area contributed by atoms with Crippen LogP contribution in [0.15, 0.2) is 12.7 Å². The highest BCUT2D eigenvalue weighted by Crippen LogP contribution is 2.02. The third-order valence-electron chi connectivity index (χ3n) is 1.90. The first-order chi connectivity index (χ1) is 7.35. The van der Waals surface area contributed by atoms with Crippen molar-refractivity contribution >= 4 is 0 Å². The van der Waals surface area contributed by atoms with Crippen molar-refractivity contribution in [2.24, 2.45) is 0 Å². The quantitative estimate of drug-likeness (QED) is 0.302. The molecule has 0 aliphatic rings. The van der Waals surface area contributed by atoms with Crippen LogP contribution in [0.1, 0.15) is 33.1 Å². The Balaban J connectivity index is 3.31. The molecule has 0 N–H and O–H groups in total. The molecule has 3 nitrogen and oxygen atoms in total. The van der Waals surface area contributed by atoms with Crippen LogP contribution in [-0.2, 0) is 14.2 Å². The topological polar surface area (TPSA) is 27.7 Å². The van der Waals surface area contributed by atoms with Crippen molar-refractivity contribution in [1.29, 1.82) is 0 Å². The minimum atomic E-state index is -0.112. The van der Waals surface area contributed by atoms with Crippen LogP contribution in [0.2, 0.25) is 0 Å². The minimum absolute atomic E-state index is 0.112. The molecule has 15 heavy (non-hydrogen) atoms. The lowest BCUT2D eigenvalue weighted by atomic mass is 10.3. The Kier molecular flexibility index (Phi) is 11.4. The van der Waals surface area contributed by atoms with Gasteiger partial charge in [-0.3, -0.25) is 0 Å². The maximum absolute atomic E-state index is 5.45. The van der Waals surface area contributed by atoms with Crippen LogP contribution in [0.5, 0.6) is 0 Å². The Morgan fingerprint density at radius 1 is 1.13 bits per heavy atom. The van der Waals surface area contributed by atoms with E-state index in [0.717, 1.165) is 25.9 Å². The molecule has 0 aliphatic heterocycles. The largest absolute Gasteiger partial charge is 0.381 e. The molecule has 0 unspecified atom stereocenters. The number of unbranched alkanes of at least 4 members (excludes halogenated alkanes) is 1. The molecule has 0 saturated carbocycles. The van der Waals surface area contributed by atoms with Gasteiger partial charge < -0.3 is 14.2 Å². The second-order valence-corrected chi connectivity index (χ2v) is 3.17. The monoisotopic (exact) mass is 216 g/mol. The fourth-order valence-corrected chi connectivity index (χ4v) is 1.20. The Morgan fingerprint density at radius 2 is 1.80 bits per heavy atom. The molecule has 0 aromatic rings. The molecule has 3 heteroatoms. The van der Waals surface area contributed by atoms with Crippen molar-refractivity contribution in [3.63, 3.8) is 0 Å². The van der Waals surface area contributed by atoms with Crippen LogP contribution in [-0.4, -0.2) is 32.7 Å². The molecule has 0 aliphatic carbocycles. The maximum Gasteiger partial charge on any atom is 0.159 e. The van der Waals surface area contributed by atoms with Gasteiger partial charge in [-0.1, -0.05) is 6.08 Å². The molecule has 0 bridgehead atoms. The van der Waals surface area contributed by atoms with Gasteiger partial charge in [-0.05, 0) is 26.7 Å². The Hall–Kier alpha value is -0.380. The highest BCUT2D eigenvalue weighted by molar-refractivity contribution is 4.64. The molecule has 0 amide bonds. The number of rotatable bonds is 11. The molecule has 0 atom stereocenters. The summed E-state index contributed by atoms with van der Waals surface area (Å²) in [5.41, 5.74) is 0. The summed E-state index contributed by atoms with van der Waals surface area (Å²) < 4.78 is 16.2. The average molecular weight is 216 g/mol. The first-order valence-electron chi connectivity index (χ1n) is 5.77. The molecule has 0 spiro atoms. The van der Waals surface area contributed by atoms with Crippen molar-refractivity contribution in [3.8, 4) is 0 Å². The van der Waals surface area contributed by atoms with E-state index in [0.29, 0.717) is 19.8 Å². The van der Waals surface area contributed by atoms with Crippen molar-refractivity contribution in [2.45, 2.75) is 39.4 Å². The van der Waals surface area contributed by atoms with E-state index >= 15 is 0 Å². The fraction of sp³-hybridized carbons (Fsp3) is 0.833. The molecule has 0 fully saturated rings. The summed E-state index contributed by atoms with van der Waals surface area (Å²) in [5.74, 6) is 0. The third-order valence-corrected chi connectivity index (χ3v) is 1.90. The van der Waals surface area contributed by atoms with E-state index < -0.39 is 0 Å². The van der Waals surface area contributed by atoms with Gasteiger partial charge in [0.25, 0.3) is 0 Å². The van der Waals surface area contributed by atoms with Gasteiger partial charge in [0, 0.05) is 26.2 Å². The Morgan fingerprint density at radius 3 is 2.33 bits per heavy atom. The molecular formula is C12H24O3. The Bertz CT molecular complexity index is 131. The predicted octanol–water partition coefficient (Wildman–Crippen LogP) is 2.76. The van der Waals surface area contributed by atoms with Crippen molar-refractivity contribution in [1.82, 2.24) is 0 Å². The summed E-state index contributed by atoms with van der Waals surface area (Å²) in [6, 6.07) is 0. The van der Waals surface area contributed by atoms with Crippen LogP contribution in [0.3, 0.4) is 0 Å². The van der Waals surface area contributed by atoms with Crippen LogP contribution < -0.4 is 0 Å². The molecule has 0 aromatic carbocycles. The van der Waals surface area contributed by atoms with E-state index in [1.807, 2.05) is 19.9 Å². The third kappa shape index (κ3) is 9.91. The van der Waals surface area contributed by atoms with E-state index in [1.54, 1.807) is 0 Å². The minimum Gasteiger partial charge on any atom is -0.381 e. The zero-order valence-corrected chi connectivity index (χ0v) is 10.0. The second kappa shape index (κ2) is 11.7. The second-order valence-electron chi connectivity index (χ2n) is 3.17. The Labute approximate surface area is 93.4 Å². The van der Waals surface area contributed by atoms with E-state index in [9.17, 15) is 0 Å². The standard InChI is InChI=1S/C12H24O3/c1-4-7-8-10-13-11-9-12(14-5-2)15-6-3/h4,12H,1,5-11H2,2-3H3. The van der Waals surface area contributed by atoms with Crippen LogP contribution >= 0.6 is 0 Å². The first-order valence-corrected chi connectivity index (χ1v) is 5.77. The van der Waals surface area contributed by atoms with Gasteiger partial charge in [-0.25, -0.2) is 0 Å². The smallest absolute Gasteiger partial charge is 0.159 e. The first kappa shape index (κ1) is 14.6. The SMILES string of the molecule is C=CCCCOCCC(OCC)OCC. The van der Waals surface area contributed by atoms with Gasteiger partial charge in [-0.15, -0.1) is 6.58 Å². The van der Waals surface area contributed by atoms with Crippen LogP contribution in [0, 0.1) is 0 Å². The van der Waals surface area contributed by atoms with Crippen molar-refractivity contribution in [2.75, 3.05) is 26.4 Å². The molecule has 0 aromatic heterocycles. The summed E-state index contributed by atoms with van der Waals surface area (Å²) in [4.78, 5) is 0. The van der Waals surface area contributed by atoms with Gasteiger partial charge in [0.2, 0.25) is 0 Å². The lowest BCUT2D eigenvalue weighted by Gasteiger charge is -2.16. The molecule has 0 heterocycles. The molecular weight excluding hydrogens is 192 g/mol. The highest BCUT2D eigenvalue weighted by Gasteiger charge is 2.06. The van der Waals surface area contributed by atoms with Crippen molar-refractivity contribution in [3.05, 3.63) is 12.7 Å². The van der Waals surface area contributed by atoms with Crippen LogP contribution in [0.4, 0.5) is 0 Å². The number of ether oxygens (including phenoxy) is 3. The van der Waals surface area contributed by atoms with Gasteiger partial charge in [-0.2, -0.15) is 0 Å². The van der Waals surface area contributed by atoms with E-state index in [2.05, 4.69) is 6.58 Å². The predicted molar refractivity (Wildman–Crippen MR) is 61.9 cm³/mol. The summed E-state index contributed by atoms with van der Waals surface area (Å²) in [7, 11) is 0.